The number of nitrogens with one attached hydrogen (secondary N) is 1. The zero-order chi connectivity index (χ0) is 21.1. The molecule has 0 unspecified atom stereocenters. The Morgan fingerprint density at radius 3 is 2.62 bits per heavy atom. The van der Waals surface area contributed by atoms with Crippen LogP contribution in [0.2, 0.25) is 0 Å². The summed E-state index contributed by atoms with van der Waals surface area (Å²) in [6.07, 6.45) is 3.93. The maximum absolute atomic E-state index is 11.1. The van der Waals surface area contributed by atoms with Crippen molar-refractivity contribution in [1.29, 1.82) is 0 Å². The molecule has 9 nitrogen and oxygen atoms in total. The summed E-state index contributed by atoms with van der Waals surface area (Å²) >= 11 is 0. The summed E-state index contributed by atoms with van der Waals surface area (Å²) in [6.45, 7) is 2.86. The summed E-state index contributed by atoms with van der Waals surface area (Å²) in [5, 5.41) is 8.52. The minimum atomic E-state index is -0.368. The fourth-order valence-corrected chi connectivity index (χ4v) is 2.86. The van der Waals surface area contributed by atoms with E-state index >= 15 is 0 Å². The molecule has 6 N–H and O–H groups in total. The molecule has 158 valence electrons. The number of aromatic nitrogens is 2. The highest BCUT2D eigenvalue weighted by molar-refractivity contribution is 5.74. The number of hydroxylamine groups is 1. The molecule has 1 amide bonds. The fourth-order valence-electron chi connectivity index (χ4n) is 2.86. The predicted molar refractivity (Wildman–Crippen MR) is 110 cm³/mol. The Kier molecular flexibility index (Phi) is 8.97. The van der Waals surface area contributed by atoms with Gasteiger partial charge in [-0.25, -0.2) is 10.5 Å². The molecule has 1 heterocycles. The second kappa shape index (κ2) is 11.7. The second-order valence-corrected chi connectivity index (χ2v) is 6.50. The molecule has 0 aliphatic heterocycles. The molecule has 0 saturated heterocycles. The average Bonchev–Trinajstić information content (AvgIpc) is 2.72. The first-order chi connectivity index (χ1) is 14.0. The van der Waals surface area contributed by atoms with Gasteiger partial charge in [-0.1, -0.05) is 25.1 Å². The van der Waals surface area contributed by atoms with Gasteiger partial charge in [0.25, 0.3) is 0 Å². The standard InChI is InChI=1S/C20H29N5O4/c1-2-15-18(19(21)24-20(22)23-15)29-13-7-12-28-16-10-5-3-8-14(16)9-4-6-11-17(26)25-27/h3,5,8,10,27H,2,4,6-7,9,11-13H2,1H3,(H,25,26)(H4,21,22,23,24). The van der Waals surface area contributed by atoms with E-state index in [4.69, 9.17) is 26.1 Å². The number of para-hydroxylation sites is 1. The zero-order valence-electron chi connectivity index (χ0n) is 16.7. The van der Waals surface area contributed by atoms with Crippen molar-refractivity contribution in [1.82, 2.24) is 15.4 Å². The highest BCUT2D eigenvalue weighted by atomic mass is 16.5. The number of aryl methyl sites for hydroxylation is 2. The van der Waals surface area contributed by atoms with Gasteiger partial charge in [0, 0.05) is 12.8 Å². The van der Waals surface area contributed by atoms with Crippen LogP contribution in [0.15, 0.2) is 24.3 Å². The average molecular weight is 403 g/mol. The van der Waals surface area contributed by atoms with E-state index < -0.39 is 0 Å². The number of unbranched alkanes of at least 4 members (excludes halogenated alkanes) is 1. The van der Waals surface area contributed by atoms with Crippen molar-refractivity contribution >= 4 is 17.7 Å². The minimum Gasteiger partial charge on any atom is -0.493 e. The first kappa shape index (κ1) is 22.2. The van der Waals surface area contributed by atoms with Crippen molar-refractivity contribution in [2.24, 2.45) is 0 Å². The van der Waals surface area contributed by atoms with Crippen LogP contribution in [0, 0.1) is 0 Å². The molecule has 0 spiro atoms. The fraction of sp³-hybridized carbons (Fsp3) is 0.450. The van der Waals surface area contributed by atoms with Crippen molar-refractivity contribution in [2.75, 3.05) is 24.7 Å². The van der Waals surface area contributed by atoms with Crippen LogP contribution < -0.4 is 26.4 Å². The zero-order valence-corrected chi connectivity index (χ0v) is 16.7. The van der Waals surface area contributed by atoms with Crippen LogP contribution in [0.1, 0.15) is 43.9 Å². The van der Waals surface area contributed by atoms with Crippen LogP contribution in [0.5, 0.6) is 11.5 Å². The number of amides is 1. The van der Waals surface area contributed by atoms with Gasteiger partial charge in [0.2, 0.25) is 11.9 Å². The number of carbonyl (C=O) groups excluding carboxylic acids is 1. The Bertz CT molecular complexity index is 800. The van der Waals surface area contributed by atoms with E-state index in [1.165, 1.54) is 0 Å². The van der Waals surface area contributed by atoms with Crippen molar-refractivity contribution in [3.8, 4) is 11.5 Å². The highest BCUT2D eigenvalue weighted by Crippen LogP contribution is 2.25. The second-order valence-electron chi connectivity index (χ2n) is 6.50. The molecule has 0 aliphatic carbocycles. The van der Waals surface area contributed by atoms with Gasteiger partial charge in [-0.05, 0) is 37.3 Å². The smallest absolute Gasteiger partial charge is 0.243 e. The molecule has 0 saturated carbocycles. The highest BCUT2D eigenvalue weighted by Gasteiger charge is 2.11. The Balaban J connectivity index is 1.78. The molecule has 9 heteroatoms. The predicted octanol–water partition coefficient (Wildman–Crippen LogP) is 2.27. The molecule has 0 atom stereocenters. The third-order valence-corrected chi connectivity index (χ3v) is 4.30. The van der Waals surface area contributed by atoms with E-state index in [9.17, 15) is 4.79 Å². The summed E-state index contributed by atoms with van der Waals surface area (Å²) in [5.74, 6) is 1.32. The molecular weight excluding hydrogens is 374 g/mol. The van der Waals surface area contributed by atoms with Gasteiger partial charge in [0.05, 0.1) is 18.9 Å². The number of hydrogen-bond acceptors (Lipinski definition) is 8. The number of carbonyl (C=O) groups is 1. The minimum absolute atomic E-state index is 0.142. The van der Waals surface area contributed by atoms with E-state index in [2.05, 4.69) is 9.97 Å². The first-order valence-corrected chi connectivity index (χ1v) is 9.73. The molecule has 0 radical (unpaired) electrons. The largest absolute Gasteiger partial charge is 0.493 e. The van der Waals surface area contributed by atoms with E-state index in [1.807, 2.05) is 31.2 Å². The summed E-state index contributed by atoms with van der Waals surface area (Å²) in [7, 11) is 0. The number of anilines is 2. The van der Waals surface area contributed by atoms with Crippen molar-refractivity contribution in [3.63, 3.8) is 0 Å². The van der Waals surface area contributed by atoms with Gasteiger partial charge in [-0.15, -0.1) is 0 Å². The van der Waals surface area contributed by atoms with Crippen LogP contribution in [-0.4, -0.2) is 34.3 Å². The van der Waals surface area contributed by atoms with Crippen LogP contribution in [0.4, 0.5) is 11.8 Å². The van der Waals surface area contributed by atoms with Crippen molar-refractivity contribution < 1.29 is 19.5 Å². The Morgan fingerprint density at radius 2 is 1.86 bits per heavy atom. The quantitative estimate of drug-likeness (QED) is 0.240. The van der Waals surface area contributed by atoms with Crippen LogP contribution in [0.25, 0.3) is 0 Å². The Labute approximate surface area is 170 Å². The third-order valence-electron chi connectivity index (χ3n) is 4.30. The van der Waals surface area contributed by atoms with E-state index in [-0.39, 0.29) is 17.7 Å². The number of nitrogens with zero attached hydrogens (tertiary/aromatic N) is 2. The van der Waals surface area contributed by atoms with Gasteiger partial charge < -0.3 is 20.9 Å². The SMILES string of the molecule is CCc1nc(N)nc(N)c1OCCCOc1ccccc1CCCCC(=O)NO. The lowest BCUT2D eigenvalue weighted by molar-refractivity contribution is -0.129. The molecule has 0 bridgehead atoms. The number of rotatable bonds is 12. The maximum Gasteiger partial charge on any atom is 0.243 e. The summed E-state index contributed by atoms with van der Waals surface area (Å²) in [6, 6.07) is 7.83. The van der Waals surface area contributed by atoms with Crippen molar-refractivity contribution in [3.05, 3.63) is 35.5 Å². The Morgan fingerprint density at radius 1 is 1.10 bits per heavy atom. The Hall–Kier alpha value is -3.07. The number of nitrogens with two attached hydrogens (primary N) is 2. The first-order valence-electron chi connectivity index (χ1n) is 9.73. The molecule has 2 aromatic rings. The van der Waals surface area contributed by atoms with Gasteiger partial charge in [-0.3, -0.25) is 10.0 Å². The lowest BCUT2D eigenvalue weighted by Crippen LogP contribution is -2.17. The van der Waals surface area contributed by atoms with Crippen molar-refractivity contribution in [2.45, 2.75) is 45.4 Å². The summed E-state index contributed by atoms with van der Waals surface area (Å²) in [5.41, 5.74) is 14.9. The topological polar surface area (TPSA) is 146 Å². The van der Waals surface area contributed by atoms with Crippen LogP contribution in [0.3, 0.4) is 0 Å². The van der Waals surface area contributed by atoms with E-state index in [1.54, 1.807) is 5.48 Å². The number of hydrogen-bond donors (Lipinski definition) is 4. The third kappa shape index (κ3) is 7.11. The summed E-state index contributed by atoms with van der Waals surface area (Å²) < 4.78 is 11.6. The van der Waals surface area contributed by atoms with Crippen LogP contribution in [-0.2, 0) is 17.6 Å². The number of ether oxygens (including phenoxy) is 2. The lowest BCUT2D eigenvalue weighted by Gasteiger charge is -2.14. The molecular formula is C20H29N5O4. The van der Waals surface area contributed by atoms with E-state index in [0.717, 1.165) is 24.2 Å². The van der Waals surface area contributed by atoms with Gasteiger partial charge >= 0.3 is 0 Å². The lowest BCUT2D eigenvalue weighted by atomic mass is 10.1. The molecule has 1 aromatic heterocycles. The normalized spacial score (nSPS) is 10.6. The van der Waals surface area contributed by atoms with Gasteiger partial charge in [-0.2, -0.15) is 4.98 Å². The monoisotopic (exact) mass is 403 g/mol. The number of benzene rings is 1. The molecule has 2 rings (SSSR count). The van der Waals surface area contributed by atoms with Crippen LogP contribution >= 0.6 is 0 Å². The molecule has 0 fully saturated rings. The van der Waals surface area contributed by atoms with Gasteiger partial charge in [0.1, 0.15) is 5.75 Å². The molecule has 29 heavy (non-hydrogen) atoms. The summed E-state index contributed by atoms with van der Waals surface area (Å²) in [4.78, 5) is 19.1. The number of nitrogen functional groups attached to an aromatic ring is 2. The molecule has 0 aliphatic rings. The van der Waals surface area contributed by atoms with Gasteiger partial charge in [0.15, 0.2) is 11.6 Å². The maximum atomic E-state index is 11.1. The molecule has 1 aromatic carbocycles. The van der Waals surface area contributed by atoms with E-state index in [0.29, 0.717) is 50.3 Å².